The van der Waals surface area contributed by atoms with Gasteiger partial charge in [-0.2, -0.15) is 0 Å². The Bertz CT molecular complexity index is 1570. The Morgan fingerprint density at radius 1 is 1.15 bits per heavy atom. The number of halogens is 1. The number of rotatable bonds is 6. The quantitative estimate of drug-likeness (QED) is 0.344. The van der Waals surface area contributed by atoms with E-state index >= 15 is 0 Å². The molecule has 0 amide bonds. The van der Waals surface area contributed by atoms with E-state index in [9.17, 15) is 14.4 Å². The fourth-order valence-corrected chi connectivity index (χ4v) is 5.82. The number of nitrogens with one attached hydrogen (secondary N) is 1. The van der Waals surface area contributed by atoms with Crippen LogP contribution in [0.25, 0.3) is 10.9 Å². The van der Waals surface area contributed by atoms with E-state index in [0.717, 1.165) is 11.1 Å². The maximum Gasteiger partial charge on any atom is 0.359 e. The fraction of sp³-hybridized carbons (Fsp3) is 0.483. The van der Waals surface area contributed by atoms with Gasteiger partial charge >= 0.3 is 11.9 Å². The molecular weight excluding hydrogens is 534 g/mol. The smallest absolute Gasteiger partial charge is 0.359 e. The minimum absolute atomic E-state index is 0.0756. The number of methoxy groups -OCH3 is 1. The number of piperidine rings is 1. The van der Waals surface area contributed by atoms with Gasteiger partial charge in [-0.15, -0.1) is 0 Å². The molecule has 1 aliphatic carbocycles. The summed E-state index contributed by atoms with van der Waals surface area (Å²) in [5.74, 6) is 0.145. The zero-order chi connectivity index (χ0) is 29.1. The van der Waals surface area contributed by atoms with Crippen LogP contribution < -0.4 is 15.8 Å². The number of pyridine rings is 1. The van der Waals surface area contributed by atoms with E-state index < -0.39 is 11.6 Å². The summed E-state index contributed by atoms with van der Waals surface area (Å²) in [6.45, 7) is 10.5. The Morgan fingerprint density at radius 2 is 1.82 bits per heavy atom. The molecule has 40 heavy (non-hydrogen) atoms. The molecule has 3 aromatic rings. The van der Waals surface area contributed by atoms with E-state index in [4.69, 9.17) is 26.1 Å². The molecule has 1 aromatic carbocycles. The van der Waals surface area contributed by atoms with Crippen molar-refractivity contribution in [1.29, 1.82) is 0 Å². The Morgan fingerprint density at radius 3 is 2.45 bits per heavy atom. The van der Waals surface area contributed by atoms with Crippen LogP contribution in [-0.4, -0.2) is 52.3 Å². The van der Waals surface area contributed by atoms with E-state index in [-0.39, 0.29) is 46.2 Å². The molecule has 0 radical (unpaired) electrons. The lowest BCUT2D eigenvalue weighted by molar-refractivity contribution is -0.142. The standard InChI is InChI=1S/C29H34ClN5O5/c1-14-10-16(15(2)31-20-8-9-21(30)32-24(20)27(38)40-29(3,4)5)23-17(11-14)25(36)34(6)28(33-23)35-12-18-19(13-35)22(18)26(37)39-7/h8-11,15,18-19,22,31H,12-13H2,1-7H3/t15?,18-,19+,22?. The molecule has 3 heterocycles. The van der Waals surface area contributed by atoms with Crippen LogP contribution in [0.3, 0.4) is 0 Å². The number of aryl methyl sites for hydroxylation is 1. The largest absolute Gasteiger partial charge is 0.469 e. The number of carbonyl (C=O) groups is 2. The first kappa shape index (κ1) is 27.9. The number of esters is 2. The number of hydrogen-bond donors (Lipinski definition) is 1. The van der Waals surface area contributed by atoms with E-state index in [0.29, 0.717) is 35.6 Å². The molecule has 212 valence electrons. The molecule has 2 unspecified atom stereocenters. The van der Waals surface area contributed by atoms with Crippen LogP contribution in [0.5, 0.6) is 0 Å². The van der Waals surface area contributed by atoms with Gasteiger partial charge in [0.15, 0.2) is 5.69 Å². The number of hydrogen-bond acceptors (Lipinski definition) is 9. The van der Waals surface area contributed by atoms with Gasteiger partial charge < -0.3 is 19.7 Å². The first-order valence-corrected chi connectivity index (χ1v) is 13.7. The summed E-state index contributed by atoms with van der Waals surface area (Å²) in [6.07, 6.45) is 0. The molecule has 1 N–H and O–H groups in total. The minimum Gasteiger partial charge on any atom is -0.469 e. The summed E-state index contributed by atoms with van der Waals surface area (Å²) < 4.78 is 12.1. The molecule has 2 aromatic heterocycles. The third-order valence-corrected chi connectivity index (χ3v) is 7.78. The van der Waals surface area contributed by atoms with Crippen LogP contribution >= 0.6 is 11.6 Å². The highest BCUT2D eigenvalue weighted by atomic mass is 35.5. The second-order valence-electron chi connectivity index (χ2n) is 11.7. The van der Waals surface area contributed by atoms with Crippen molar-refractivity contribution < 1.29 is 19.1 Å². The topological polar surface area (TPSA) is 116 Å². The van der Waals surface area contributed by atoms with Crippen molar-refractivity contribution in [3.63, 3.8) is 0 Å². The van der Waals surface area contributed by atoms with Gasteiger partial charge in [0.1, 0.15) is 10.8 Å². The summed E-state index contributed by atoms with van der Waals surface area (Å²) >= 11 is 6.12. The number of ether oxygens (including phenoxy) is 2. The van der Waals surface area contributed by atoms with Crippen LogP contribution in [0.2, 0.25) is 5.15 Å². The fourth-order valence-electron chi connectivity index (χ4n) is 5.67. The third kappa shape index (κ3) is 5.12. The molecule has 2 aliphatic rings. The third-order valence-electron chi connectivity index (χ3n) is 7.57. The molecule has 10 nitrogen and oxygen atoms in total. The van der Waals surface area contributed by atoms with Crippen molar-refractivity contribution in [2.24, 2.45) is 24.8 Å². The number of anilines is 2. The summed E-state index contributed by atoms with van der Waals surface area (Å²) in [5.41, 5.74) is 1.97. The molecule has 1 aliphatic heterocycles. The molecule has 11 heteroatoms. The van der Waals surface area contributed by atoms with E-state index in [1.165, 1.54) is 7.11 Å². The number of benzene rings is 1. The summed E-state index contributed by atoms with van der Waals surface area (Å²) in [6, 6.07) is 6.77. The molecule has 1 saturated carbocycles. The van der Waals surface area contributed by atoms with Gasteiger partial charge in [-0.1, -0.05) is 17.7 Å². The van der Waals surface area contributed by atoms with Gasteiger partial charge in [-0.3, -0.25) is 14.2 Å². The normalized spacial score (nSPS) is 20.7. The van der Waals surface area contributed by atoms with Crippen molar-refractivity contribution in [2.75, 3.05) is 30.4 Å². The van der Waals surface area contributed by atoms with E-state index in [2.05, 4.69) is 15.2 Å². The van der Waals surface area contributed by atoms with Crippen LogP contribution in [0, 0.1) is 24.7 Å². The van der Waals surface area contributed by atoms with Crippen LogP contribution in [-0.2, 0) is 21.3 Å². The monoisotopic (exact) mass is 567 g/mol. The van der Waals surface area contributed by atoms with Crippen LogP contribution in [0.4, 0.5) is 11.6 Å². The molecule has 1 saturated heterocycles. The maximum absolute atomic E-state index is 13.5. The Balaban J connectivity index is 1.50. The number of fused-ring (bicyclic) bond motifs is 2. The van der Waals surface area contributed by atoms with Crippen molar-refractivity contribution >= 4 is 46.1 Å². The number of nitrogens with zero attached hydrogens (tertiary/aromatic N) is 4. The minimum atomic E-state index is -0.704. The summed E-state index contributed by atoms with van der Waals surface area (Å²) in [7, 11) is 3.14. The van der Waals surface area contributed by atoms with Gasteiger partial charge in [0.2, 0.25) is 5.95 Å². The first-order chi connectivity index (χ1) is 18.8. The lowest BCUT2D eigenvalue weighted by Gasteiger charge is -2.25. The molecule has 5 rings (SSSR count). The van der Waals surface area contributed by atoms with E-state index in [1.54, 1.807) is 44.5 Å². The van der Waals surface area contributed by atoms with Gasteiger partial charge in [-0.05, 0) is 70.2 Å². The Hall–Kier alpha value is -3.66. The Kier molecular flexibility index (Phi) is 7.02. The maximum atomic E-state index is 13.5. The second-order valence-corrected chi connectivity index (χ2v) is 12.1. The van der Waals surface area contributed by atoms with Gasteiger partial charge in [0.05, 0.1) is 35.7 Å². The predicted octanol–water partition coefficient (Wildman–Crippen LogP) is 4.27. The highest BCUT2D eigenvalue weighted by Gasteiger charge is 2.60. The number of aromatic nitrogens is 3. The molecule has 0 bridgehead atoms. The van der Waals surface area contributed by atoms with Gasteiger partial charge in [0, 0.05) is 25.7 Å². The molecular formula is C29H34ClN5O5. The average Bonchev–Trinajstić information content (AvgIpc) is 3.38. The lowest BCUT2D eigenvalue weighted by atomic mass is 10.0. The summed E-state index contributed by atoms with van der Waals surface area (Å²) in [5, 5.41) is 4.05. The molecule has 2 fully saturated rings. The van der Waals surface area contributed by atoms with Crippen LogP contribution in [0.1, 0.15) is 55.4 Å². The lowest BCUT2D eigenvalue weighted by Crippen LogP contribution is -2.33. The highest BCUT2D eigenvalue weighted by molar-refractivity contribution is 6.29. The average molecular weight is 568 g/mol. The predicted molar refractivity (Wildman–Crippen MR) is 153 cm³/mol. The summed E-state index contributed by atoms with van der Waals surface area (Å²) in [4.78, 5) is 49.8. The van der Waals surface area contributed by atoms with Crippen LogP contribution in [0.15, 0.2) is 29.1 Å². The van der Waals surface area contributed by atoms with Crippen molar-refractivity contribution in [2.45, 2.75) is 46.3 Å². The van der Waals surface area contributed by atoms with Gasteiger partial charge in [0.25, 0.3) is 5.56 Å². The van der Waals surface area contributed by atoms with Crippen molar-refractivity contribution in [3.8, 4) is 0 Å². The SMILES string of the molecule is COC(=O)C1[C@H]2CN(c3nc4c(C(C)Nc5ccc(Cl)nc5C(=O)OC(C)(C)C)cc(C)cc4c(=O)n3C)C[C@@H]12. The number of carbonyl (C=O) groups excluding carboxylic acids is 2. The van der Waals surface area contributed by atoms with E-state index in [1.807, 2.05) is 26.0 Å². The molecule has 0 spiro atoms. The highest BCUT2D eigenvalue weighted by Crippen LogP contribution is 2.52. The van der Waals surface area contributed by atoms with Crippen molar-refractivity contribution in [1.82, 2.24) is 14.5 Å². The second kappa shape index (κ2) is 10.1. The first-order valence-electron chi connectivity index (χ1n) is 13.3. The van der Waals surface area contributed by atoms with Crippen molar-refractivity contribution in [3.05, 3.63) is 56.6 Å². The molecule has 4 atom stereocenters. The Labute approximate surface area is 237 Å². The van der Waals surface area contributed by atoms with Gasteiger partial charge in [-0.25, -0.2) is 14.8 Å². The zero-order valence-corrected chi connectivity index (χ0v) is 24.5. The zero-order valence-electron chi connectivity index (χ0n) is 23.7.